The molecule has 0 bridgehead atoms. The van der Waals surface area contributed by atoms with Crippen LogP contribution < -0.4 is 5.32 Å². The molecule has 1 heterocycles. The molecule has 0 spiro atoms. The van der Waals surface area contributed by atoms with Crippen molar-refractivity contribution >= 4 is 29.0 Å². The van der Waals surface area contributed by atoms with Gasteiger partial charge in [-0.2, -0.15) is 0 Å². The highest BCUT2D eigenvalue weighted by Gasteiger charge is 2.14. The number of carbonyl (C=O) groups is 1. The van der Waals surface area contributed by atoms with Gasteiger partial charge in [0.2, 0.25) is 11.8 Å². The van der Waals surface area contributed by atoms with Crippen molar-refractivity contribution in [1.82, 2.24) is 10.2 Å². The molecular formula is C16H10F2N4O4S. The molecule has 0 aliphatic heterocycles. The highest BCUT2D eigenvalue weighted by molar-refractivity contribution is 7.99. The molecule has 8 nitrogen and oxygen atoms in total. The van der Waals surface area contributed by atoms with E-state index in [2.05, 4.69) is 15.5 Å². The number of non-ortho nitro benzene ring substituents is 1. The first-order valence-electron chi connectivity index (χ1n) is 7.38. The van der Waals surface area contributed by atoms with Gasteiger partial charge < -0.3 is 9.73 Å². The number of carbonyl (C=O) groups excluding carboxylic acids is 1. The molecule has 3 aromatic rings. The van der Waals surface area contributed by atoms with Crippen LogP contribution in [0.1, 0.15) is 0 Å². The van der Waals surface area contributed by atoms with Crippen LogP contribution in [0.2, 0.25) is 0 Å². The van der Waals surface area contributed by atoms with Crippen molar-refractivity contribution in [1.29, 1.82) is 0 Å². The van der Waals surface area contributed by atoms with Gasteiger partial charge >= 0.3 is 0 Å². The van der Waals surface area contributed by atoms with Crippen molar-refractivity contribution in [3.63, 3.8) is 0 Å². The number of nitrogens with zero attached hydrogens (tertiary/aromatic N) is 3. The largest absolute Gasteiger partial charge is 0.411 e. The van der Waals surface area contributed by atoms with Crippen LogP contribution in [0.3, 0.4) is 0 Å². The number of thioether (sulfide) groups is 1. The van der Waals surface area contributed by atoms with E-state index in [9.17, 15) is 23.7 Å². The Hall–Kier alpha value is -3.34. The maximum Gasteiger partial charge on any atom is 0.277 e. The van der Waals surface area contributed by atoms with E-state index in [0.717, 1.165) is 23.9 Å². The number of nitrogens with one attached hydrogen (secondary N) is 1. The normalized spacial score (nSPS) is 10.6. The Balaban J connectivity index is 1.59. The molecule has 2 aromatic carbocycles. The van der Waals surface area contributed by atoms with Crippen LogP contribution in [0.25, 0.3) is 11.5 Å². The third-order valence-corrected chi connectivity index (χ3v) is 4.08. The van der Waals surface area contributed by atoms with E-state index in [1.165, 1.54) is 24.3 Å². The highest BCUT2D eigenvalue weighted by atomic mass is 32.2. The van der Waals surface area contributed by atoms with E-state index in [0.29, 0.717) is 11.6 Å². The van der Waals surface area contributed by atoms with Gasteiger partial charge in [-0.05, 0) is 24.3 Å². The number of nitro groups is 1. The Morgan fingerprint density at radius 2 is 1.93 bits per heavy atom. The number of halogens is 2. The van der Waals surface area contributed by atoms with Gasteiger partial charge in [0.15, 0.2) is 0 Å². The minimum atomic E-state index is -0.883. The summed E-state index contributed by atoms with van der Waals surface area (Å²) in [6, 6.07) is 8.34. The summed E-state index contributed by atoms with van der Waals surface area (Å²) in [5, 5.41) is 20.6. The first-order valence-corrected chi connectivity index (χ1v) is 8.37. The quantitative estimate of drug-likeness (QED) is 0.387. The number of amides is 1. The first kappa shape index (κ1) is 18.5. The smallest absolute Gasteiger partial charge is 0.277 e. The van der Waals surface area contributed by atoms with E-state index in [-0.39, 0.29) is 28.2 Å². The molecule has 0 aliphatic carbocycles. The van der Waals surface area contributed by atoms with Gasteiger partial charge in [0.1, 0.15) is 11.6 Å². The van der Waals surface area contributed by atoms with E-state index in [1.807, 2.05) is 0 Å². The monoisotopic (exact) mass is 392 g/mol. The summed E-state index contributed by atoms with van der Waals surface area (Å²) < 4.78 is 31.7. The summed E-state index contributed by atoms with van der Waals surface area (Å²) >= 11 is 0.923. The van der Waals surface area contributed by atoms with Crippen molar-refractivity contribution < 1.29 is 22.9 Å². The van der Waals surface area contributed by atoms with Crippen LogP contribution >= 0.6 is 11.8 Å². The van der Waals surface area contributed by atoms with E-state index >= 15 is 0 Å². The fourth-order valence-electron chi connectivity index (χ4n) is 2.01. The first-order chi connectivity index (χ1) is 12.9. The van der Waals surface area contributed by atoms with Crippen molar-refractivity contribution in [3.05, 3.63) is 64.2 Å². The predicted octanol–water partition coefficient (Wildman–Crippen LogP) is 3.65. The maximum absolute atomic E-state index is 13.5. The lowest BCUT2D eigenvalue weighted by molar-refractivity contribution is -0.384. The van der Waals surface area contributed by atoms with Gasteiger partial charge in [0, 0.05) is 23.8 Å². The molecular weight excluding hydrogens is 382 g/mol. The zero-order chi connectivity index (χ0) is 19.4. The fraction of sp³-hybridized carbons (Fsp3) is 0.0625. The molecule has 0 fully saturated rings. The summed E-state index contributed by atoms with van der Waals surface area (Å²) in [6.07, 6.45) is 0. The molecule has 0 aliphatic rings. The molecule has 0 saturated carbocycles. The third-order valence-electron chi connectivity index (χ3n) is 3.26. The lowest BCUT2D eigenvalue weighted by atomic mass is 10.2. The number of hydrogen-bond acceptors (Lipinski definition) is 7. The van der Waals surface area contributed by atoms with Crippen LogP contribution in [0, 0.1) is 21.7 Å². The van der Waals surface area contributed by atoms with E-state index < -0.39 is 22.5 Å². The highest BCUT2D eigenvalue weighted by Crippen LogP contribution is 2.25. The molecule has 1 amide bonds. The van der Waals surface area contributed by atoms with Crippen LogP contribution in [0.15, 0.2) is 52.1 Å². The summed E-state index contributed by atoms with van der Waals surface area (Å²) in [7, 11) is 0. The Kier molecular flexibility index (Phi) is 5.41. The zero-order valence-corrected chi connectivity index (χ0v) is 14.2. The summed E-state index contributed by atoms with van der Waals surface area (Å²) in [5.74, 6) is -2.17. The summed E-state index contributed by atoms with van der Waals surface area (Å²) in [5.41, 5.74) is 0.273. The molecule has 1 aromatic heterocycles. The fourth-order valence-corrected chi connectivity index (χ4v) is 2.58. The van der Waals surface area contributed by atoms with E-state index in [4.69, 9.17) is 4.42 Å². The van der Waals surface area contributed by atoms with E-state index in [1.54, 1.807) is 0 Å². The van der Waals surface area contributed by atoms with Crippen molar-refractivity contribution in [2.45, 2.75) is 5.22 Å². The van der Waals surface area contributed by atoms with Gasteiger partial charge in [-0.3, -0.25) is 14.9 Å². The average Bonchev–Trinajstić information content (AvgIpc) is 3.11. The third kappa shape index (κ3) is 4.64. The second-order valence-electron chi connectivity index (χ2n) is 5.14. The molecule has 11 heteroatoms. The van der Waals surface area contributed by atoms with Gasteiger partial charge in [-0.15, -0.1) is 10.2 Å². The van der Waals surface area contributed by atoms with Gasteiger partial charge in [-0.25, -0.2) is 8.78 Å². The topological polar surface area (TPSA) is 111 Å². The second-order valence-corrected chi connectivity index (χ2v) is 6.06. The Labute approximate surface area is 154 Å². The van der Waals surface area contributed by atoms with Crippen LogP contribution in [-0.2, 0) is 4.79 Å². The molecule has 0 atom stereocenters. The van der Waals surface area contributed by atoms with Crippen LogP contribution in [0.5, 0.6) is 0 Å². The number of anilines is 1. The zero-order valence-electron chi connectivity index (χ0n) is 13.4. The number of benzene rings is 2. The number of hydrogen-bond donors (Lipinski definition) is 1. The molecule has 0 saturated heterocycles. The minimum absolute atomic E-state index is 0.0717. The Bertz CT molecular complexity index is 994. The molecule has 0 unspecified atom stereocenters. The molecule has 1 N–H and O–H groups in total. The van der Waals surface area contributed by atoms with Gasteiger partial charge in [-0.1, -0.05) is 11.8 Å². The molecule has 27 heavy (non-hydrogen) atoms. The van der Waals surface area contributed by atoms with Crippen molar-refractivity contribution in [2.24, 2.45) is 0 Å². The second kappa shape index (κ2) is 7.91. The Morgan fingerprint density at radius 1 is 1.19 bits per heavy atom. The number of aromatic nitrogens is 2. The molecule has 0 radical (unpaired) electrons. The van der Waals surface area contributed by atoms with Crippen LogP contribution in [0.4, 0.5) is 20.2 Å². The predicted molar refractivity (Wildman–Crippen MR) is 92.1 cm³/mol. The van der Waals surface area contributed by atoms with Crippen molar-refractivity contribution in [3.8, 4) is 11.5 Å². The summed E-state index contributed by atoms with van der Waals surface area (Å²) in [4.78, 5) is 22.0. The van der Waals surface area contributed by atoms with Crippen LogP contribution in [-0.4, -0.2) is 26.8 Å². The maximum atomic E-state index is 13.5. The van der Waals surface area contributed by atoms with Crippen molar-refractivity contribution in [2.75, 3.05) is 11.1 Å². The SMILES string of the molecule is O=C(CSc1nnc(-c2ccc([N+](=O)[O-])cc2)o1)Nc1ccc(F)cc1F. The average molecular weight is 392 g/mol. The number of nitro benzene ring substituents is 1. The standard InChI is InChI=1S/C16H10F2N4O4S/c17-10-3-6-13(12(18)7-10)19-14(23)8-27-16-21-20-15(26-16)9-1-4-11(5-2-9)22(24)25/h1-7H,8H2,(H,19,23). The summed E-state index contributed by atoms with van der Waals surface area (Å²) in [6.45, 7) is 0. The lowest BCUT2D eigenvalue weighted by Gasteiger charge is -2.05. The molecule has 3 rings (SSSR count). The Morgan fingerprint density at radius 3 is 2.59 bits per heavy atom. The van der Waals surface area contributed by atoms with Gasteiger partial charge in [0.05, 0.1) is 16.4 Å². The molecule has 138 valence electrons. The minimum Gasteiger partial charge on any atom is -0.411 e. The van der Waals surface area contributed by atoms with Gasteiger partial charge in [0.25, 0.3) is 10.9 Å². The lowest BCUT2D eigenvalue weighted by Crippen LogP contribution is -2.15. The number of rotatable bonds is 6.